The Hall–Kier alpha value is -2.40. The summed E-state index contributed by atoms with van der Waals surface area (Å²) in [5.74, 6) is -0.247. The van der Waals surface area contributed by atoms with E-state index >= 15 is 0 Å². The van der Waals surface area contributed by atoms with Crippen molar-refractivity contribution in [1.29, 1.82) is 0 Å². The molecule has 2 heterocycles. The van der Waals surface area contributed by atoms with Gasteiger partial charge in [-0.1, -0.05) is 24.3 Å². The number of carbonyl (C=O) groups excluding carboxylic acids is 1. The topological polar surface area (TPSA) is 53.8 Å². The molecule has 1 amide bonds. The second kappa shape index (κ2) is 6.38. The van der Waals surface area contributed by atoms with E-state index < -0.39 is 5.63 Å². The van der Waals surface area contributed by atoms with Crippen LogP contribution in [0.2, 0.25) is 0 Å². The highest BCUT2D eigenvalue weighted by Crippen LogP contribution is 2.20. The van der Waals surface area contributed by atoms with E-state index in [9.17, 15) is 9.59 Å². The summed E-state index contributed by atoms with van der Waals surface area (Å²) < 4.78 is 5.45. The molecule has 23 heavy (non-hydrogen) atoms. The van der Waals surface area contributed by atoms with E-state index in [1.807, 2.05) is 25.2 Å². The maximum Gasteiger partial charge on any atom is 0.349 e. The number of fused-ring (bicyclic) bond motifs is 1. The van der Waals surface area contributed by atoms with Crippen LogP contribution in [0.4, 0.5) is 0 Å². The monoisotopic (exact) mass is 312 g/mol. The highest BCUT2D eigenvalue weighted by molar-refractivity contribution is 5.97. The second-order valence-electron chi connectivity index (χ2n) is 5.87. The van der Waals surface area contributed by atoms with Crippen molar-refractivity contribution in [3.05, 3.63) is 58.5 Å². The van der Waals surface area contributed by atoms with E-state index in [0.717, 1.165) is 24.0 Å². The van der Waals surface area contributed by atoms with Crippen molar-refractivity contribution in [3.8, 4) is 0 Å². The summed E-state index contributed by atoms with van der Waals surface area (Å²) in [5.41, 5.74) is 0.969. The van der Waals surface area contributed by atoms with Crippen molar-refractivity contribution in [1.82, 2.24) is 9.80 Å². The van der Waals surface area contributed by atoms with Gasteiger partial charge in [-0.15, -0.1) is 6.58 Å². The summed E-state index contributed by atoms with van der Waals surface area (Å²) in [6, 6.07) is 7.29. The normalized spacial score (nSPS) is 15.8. The quantitative estimate of drug-likeness (QED) is 0.642. The predicted molar refractivity (Wildman–Crippen MR) is 89.8 cm³/mol. The summed E-state index contributed by atoms with van der Waals surface area (Å²) >= 11 is 0. The number of piperazine rings is 1. The van der Waals surface area contributed by atoms with Gasteiger partial charge >= 0.3 is 5.63 Å². The molecule has 2 aromatic rings. The van der Waals surface area contributed by atoms with Crippen LogP contribution >= 0.6 is 0 Å². The van der Waals surface area contributed by atoms with E-state index in [1.165, 1.54) is 0 Å². The molecule has 1 aliphatic rings. The summed E-state index contributed by atoms with van der Waals surface area (Å²) in [6.07, 6.45) is 2.38. The third-order valence-corrected chi connectivity index (χ3v) is 4.23. The number of hydrogen-bond acceptors (Lipinski definition) is 4. The minimum absolute atomic E-state index is 0.109. The first-order valence-electron chi connectivity index (χ1n) is 7.74. The first-order chi connectivity index (χ1) is 11.1. The number of para-hydroxylation sites is 1. The minimum Gasteiger partial charge on any atom is -0.422 e. The standard InChI is InChI=1S/C18H20N2O3/c1-3-5-13-6-4-7-14-12-15(18(22)23-16(13)14)17(21)20-10-8-19(2)9-11-20/h3-4,6-7,12H,1,5,8-11H2,2H3. The molecule has 1 aromatic carbocycles. The smallest absolute Gasteiger partial charge is 0.349 e. The van der Waals surface area contributed by atoms with Crippen LogP contribution < -0.4 is 5.63 Å². The number of hydrogen-bond donors (Lipinski definition) is 0. The molecule has 1 saturated heterocycles. The second-order valence-corrected chi connectivity index (χ2v) is 5.87. The van der Waals surface area contributed by atoms with Gasteiger partial charge in [-0.25, -0.2) is 4.79 Å². The first kappa shape index (κ1) is 15.5. The van der Waals surface area contributed by atoms with E-state index in [4.69, 9.17) is 4.42 Å². The van der Waals surface area contributed by atoms with Crippen molar-refractivity contribution in [2.75, 3.05) is 33.2 Å². The van der Waals surface area contributed by atoms with Gasteiger partial charge in [-0.3, -0.25) is 4.79 Å². The molecule has 0 spiro atoms. The molecule has 5 nitrogen and oxygen atoms in total. The fourth-order valence-electron chi connectivity index (χ4n) is 2.85. The van der Waals surface area contributed by atoms with E-state index in [2.05, 4.69) is 11.5 Å². The molecule has 0 saturated carbocycles. The van der Waals surface area contributed by atoms with Gasteiger partial charge in [0.25, 0.3) is 5.91 Å². The lowest BCUT2D eigenvalue weighted by atomic mass is 10.1. The number of benzene rings is 1. The van der Waals surface area contributed by atoms with E-state index in [1.54, 1.807) is 17.0 Å². The van der Waals surface area contributed by atoms with Gasteiger partial charge in [0.2, 0.25) is 0 Å². The molecular formula is C18H20N2O3. The number of allylic oxidation sites excluding steroid dienone is 1. The van der Waals surface area contributed by atoms with Crippen molar-refractivity contribution in [2.45, 2.75) is 6.42 Å². The molecule has 3 rings (SSSR count). The van der Waals surface area contributed by atoms with Gasteiger partial charge in [0, 0.05) is 31.6 Å². The zero-order valence-corrected chi connectivity index (χ0v) is 13.2. The summed E-state index contributed by atoms with van der Waals surface area (Å²) in [7, 11) is 2.02. The predicted octanol–water partition coefficient (Wildman–Crippen LogP) is 1.91. The van der Waals surface area contributed by atoms with Crippen molar-refractivity contribution in [3.63, 3.8) is 0 Å². The third-order valence-electron chi connectivity index (χ3n) is 4.23. The molecule has 1 aliphatic heterocycles. The lowest BCUT2D eigenvalue weighted by Crippen LogP contribution is -2.48. The Morgan fingerprint density at radius 1 is 1.30 bits per heavy atom. The SMILES string of the molecule is C=CCc1cccc2cc(C(=O)N3CCN(C)CC3)c(=O)oc12. The van der Waals surface area contributed by atoms with Crippen molar-refractivity contribution in [2.24, 2.45) is 0 Å². The fourth-order valence-corrected chi connectivity index (χ4v) is 2.85. The van der Waals surface area contributed by atoms with Crippen LogP contribution in [0.25, 0.3) is 11.0 Å². The Balaban J connectivity index is 1.98. The number of nitrogens with zero attached hydrogens (tertiary/aromatic N) is 2. The first-order valence-corrected chi connectivity index (χ1v) is 7.74. The number of amides is 1. The maximum atomic E-state index is 12.6. The number of likely N-dealkylation sites (N-methyl/N-ethyl adjacent to an activating group) is 1. The van der Waals surface area contributed by atoms with Crippen molar-refractivity contribution >= 4 is 16.9 Å². The van der Waals surface area contributed by atoms with Gasteiger partial charge in [0.05, 0.1) is 0 Å². The largest absolute Gasteiger partial charge is 0.422 e. The highest BCUT2D eigenvalue weighted by Gasteiger charge is 2.23. The molecule has 1 aromatic heterocycles. The van der Waals surface area contributed by atoms with Gasteiger partial charge in [0.1, 0.15) is 11.1 Å². The molecule has 0 unspecified atom stereocenters. The van der Waals surface area contributed by atoms with Crippen LogP contribution in [0.5, 0.6) is 0 Å². The molecule has 0 radical (unpaired) electrons. The summed E-state index contributed by atoms with van der Waals surface area (Å²) in [4.78, 5) is 28.8. The van der Waals surface area contributed by atoms with Crippen LogP contribution in [-0.2, 0) is 6.42 Å². The average molecular weight is 312 g/mol. The molecule has 5 heteroatoms. The zero-order chi connectivity index (χ0) is 16.4. The Morgan fingerprint density at radius 2 is 2.04 bits per heavy atom. The van der Waals surface area contributed by atoms with Crippen LogP contribution in [0.1, 0.15) is 15.9 Å². The Labute approximate surface area is 134 Å². The maximum absolute atomic E-state index is 12.6. The van der Waals surface area contributed by atoms with Crippen LogP contribution in [0.15, 0.2) is 46.1 Å². The van der Waals surface area contributed by atoms with Crippen LogP contribution in [-0.4, -0.2) is 48.9 Å². The minimum atomic E-state index is -0.571. The van der Waals surface area contributed by atoms with Gasteiger partial charge in [0.15, 0.2) is 0 Å². The lowest BCUT2D eigenvalue weighted by Gasteiger charge is -2.32. The Bertz CT molecular complexity index is 802. The van der Waals surface area contributed by atoms with E-state index in [-0.39, 0.29) is 11.5 Å². The van der Waals surface area contributed by atoms with Gasteiger partial charge in [-0.05, 0) is 25.1 Å². The average Bonchev–Trinajstić information content (AvgIpc) is 2.55. The fraction of sp³-hybridized carbons (Fsp3) is 0.333. The summed E-state index contributed by atoms with van der Waals surface area (Å²) in [5, 5.41) is 0.765. The molecule has 0 atom stereocenters. The Morgan fingerprint density at radius 3 is 2.74 bits per heavy atom. The van der Waals surface area contributed by atoms with Gasteiger partial charge < -0.3 is 14.2 Å². The van der Waals surface area contributed by atoms with Crippen LogP contribution in [0.3, 0.4) is 0 Å². The molecule has 1 fully saturated rings. The number of rotatable bonds is 3. The molecule has 120 valence electrons. The molecular weight excluding hydrogens is 292 g/mol. The van der Waals surface area contributed by atoms with Gasteiger partial charge in [-0.2, -0.15) is 0 Å². The Kier molecular flexibility index (Phi) is 4.30. The molecule has 0 bridgehead atoms. The third kappa shape index (κ3) is 3.05. The van der Waals surface area contributed by atoms with E-state index in [0.29, 0.717) is 25.1 Å². The zero-order valence-electron chi connectivity index (χ0n) is 13.2. The van der Waals surface area contributed by atoms with Crippen LogP contribution in [0, 0.1) is 0 Å². The molecule has 0 N–H and O–H groups in total. The number of carbonyl (C=O) groups is 1. The lowest BCUT2D eigenvalue weighted by molar-refractivity contribution is 0.0660. The van der Waals surface area contributed by atoms with Crippen molar-refractivity contribution < 1.29 is 9.21 Å². The highest BCUT2D eigenvalue weighted by atomic mass is 16.4. The summed E-state index contributed by atoms with van der Waals surface area (Å²) in [6.45, 7) is 6.60. The molecule has 0 aliphatic carbocycles.